The molecule has 3 aromatic carbocycles. The SMILES string of the molecule is CCCCCCCCCCCCCCCCOc1ccc(-c2ccc(C(=O)Oc3ccc(C(=O)OCC(C)CC)cc3Cl)cc2)cc1Cl. The van der Waals surface area contributed by atoms with E-state index in [1.807, 2.05) is 44.2 Å². The second kappa shape index (κ2) is 22.6. The van der Waals surface area contributed by atoms with Gasteiger partial charge in [-0.05, 0) is 65.9 Å². The van der Waals surface area contributed by atoms with Gasteiger partial charge < -0.3 is 14.2 Å². The summed E-state index contributed by atoms with van der Waals surface area (Å²) in [6.07, 6.45) is 19.5. The van der Waals surface area contributed by atoms with Crippen LogP contribution < -0.4 is 9.47 Å². The molecule has 0 aliphatic carbocycles. The van der Waals surface area contributed by atoms with Gasteiger partial charge in [-0.25, -0.2) is 9.59 Å². The van der Waals surface area contributed by atoms with Gasteiger partial charge in [0.25, 0.3) is 0 Å². The van der Waals surface area contributed by atoms with E-state index >= 15 is 0 Å². The Morgan fingerprint density at radius 2 is 1.12 bits per heavy atom. The molecule has 0 N–H and O–H groups in total. The van der Waals surface area contributed by atoms with Gasteiger partial charge in [-0.15, -0.1) is 0 Å². The average molecular weight is 698 g/mol. The maximum Gasteiger partial charge on any atom is 0.343 e. The van der Waals surface area contributed by atoms with Crippen LogP contribution in [0.3, 0.4) is 0 Å². The van der Waals surface area contributed by atoms with Crippen LogP contribution in [0.2, 0.25) is 10.0 Å². The maximum absolute atomic E-state index is 12.8. The first kappa shape index (κ1) is 39.4. The molecule has 0 spiro atoms. The van der Waals surface area contributed by atoms with Gasteiger partial charge in [0, 0.05) is 0 Å². The van der Waals surface area contributed by atoms with Crippen LogP contribution >= 0.6 is 23.2 Å². The summed E-state index contributed by atoms with van der Waals surface area (Å²) in [4.78, 5) is 25.1. The summed E-state index contributed by atoms with van der Waals surface area (Å²) in [6, 6.07) is 17.3. The van der Waals surface area contributed by atoms with Crippen LogP contribution in [0.15, 0.2) is 60.7 Å². The Hall–Kier alpha value is -3.02. The molecule has 0 bridgehead atoms. The lowest BCUT2D eigenvalue weighted by atomic mass is 10.0. The largest absolute Gasteiger partial charge is 0.492 e. The molecule has 0 saturated carbocycles. The Balaban J connectivity index is 1.36. The number of ether oxygens (including phenoxy) is 3. The third-order valence-corrected chi connectivity index (χ3v) is 9.30. The third kappa shape index (κ3) is 14.2. The fraction of sp³-hybridized carbons (Fsp3) is 0.512. The summed E-state index contributed by atoms with van der Waals surface area (Å²) < 4.78 is 16.8. The number of benzene rings is 3. The highest BCUT2D eigenvalue weighted by Crippen LogP contribution is 2.31. The third-order valence-electron chi connectivity index (χ3n) is 8.71. The summed E-state index contributed by atoms with van der Waals surface area (Å²) in [7, 11) is 0. The molecule has 5 nitrogen and oxygen atoms in total. The van der Waals surface area contributed by atoms with Crippen molar-refractivity contribution in [3.63, 3.8) is 0 Å². The van der Waals surface area contributed by atoms with E-state index in [1.54, 1.807) is 12.1 Å². The first-order valence-electron chi connectivity index (χ1n) is 18.0. The van der Waals surface area contributed by atoms with Gasteiger partial charge in [-0.3, -0.25) is 0 Å². The Kier molecular flexibility index (Phi) is 18.5. The van der Waals surface area contributed by atoms with E-state index in [0.29, 0.717) is 35.1 Å². The van der Waals surface area contributed by atoms with Gasteiger partial charge in [0.1, 0.15) is 11.5 Å². The number of unbranched alkanes of at least 4 members (excludes halogenated alkanes) is 13. The molecular formula is C41H54Cl2O5. The van der Waals surface area contributed by atoms with Crippen LogP contribution in [-0.2, 0) is 4.74 Å². The summed E-state index contributed by atoms with van der Waals surface area (Å²) in [6.45, 7) is 7.31. The van der Waals surface area contributed by atoms with Crippen molar-refractivity contribution >= 4 is 35.1 Å². The fourth-order valence-corrected chi connectivity index (χ4v) is 5.82. The minimum Gasteiger partial charge on any atom is -0.492 e. The lowest BCUT2D eigenvalue weighted by Gasteiger charge is -2.11. The predicted octanol–water partition coefficient (Wildman–Crippen LogP) is 12.9. The normalized spacial score (nSPS) is 11.7. The zero-order valence-corrected chi connectivity index (χ0v) is 30.7. The molecular weight excluding hydrogens is 643 g/mol. The molecule has 0 saturated heterocycles. The lowest BCUT2D eigenvalue weighted by molar-refractivity contribution is 0.0447. The number of halogens is 2. The molecule has 0 heterocycles. The average Bonchev–Trinajstić information content (AvgIpc) is 3.10. The number of esters is 2. The zero-order chi connectivity index (χ0) is 34.6. The van der Waals surface area contributed by atoms with E-state index in [2.05, 4.69) is 6.92 Å². The van der Waals surface area contributed by atoms with Crippen molar-refractivity contribution in [2.24, 2.45) is 5.92 Å². The van der Waals surface area contributed by atoms with Crippen LogP contribution in [0, 0.1) is 5.92 Å². The Morgan fingerprint density at radius 3 is 1.69 bits per heavy atom. The van der Waals surface area contributed by atoms with Crippen LogP contribution in [0.5, 0.6) is 11.5 Å². The molecule has 48 heavy (non-hydrogen) atoms. The molecule has 1 unspecified atom stereocenters. The number of rotatable bonds is 23. The van der Waals surface area contributed by atoms with Crippen molar-refractivity contribution in [3.8, 4) is 22.6 Å². The van der Waals surface area contributed by atoms with Crippen LogP contribution in [0.25, 0.3) is 11.1 Å². The lowest BCUT2D eigenvalue weighted by Crippen LogP contribution is -2.12. The van der Waals surface area contributed by atoms with Crippen LogP contribution in [0.4, 0.5) is 0 Å². The first-order chi connectivity index (χ1) is 23.3. The highest BCUT2D eigenvalue weighted by Gasteiger charge is 2.16. The van der Waals surface area contributed by atoms with Crippen molar-refractivity contribution in [2.45, 2.75) is 117 Å². The Labute approximate surface area is 298 Å². The van der Waals surface area contributed by atoms with Crippen LogP contribution in [0.1, 0.15) is 138 Å². The summed E-state index contributed by atoms with van der Waals surface area (Å²) in [5.74, 6) is 0.105. The predicted molar refractivity (Wildman–Crippen MR) is 199 cm³/mol. The van der Waals surface area contributed by atoms with Crippen LogP contribution in [-0.4, -0.2) is 25.2 Å². The summed E-state index contributed by atoms with van der Waals surface area (Å²) in [5.41, 5.74) is 2.50. The van der Waals surface area contributed by atoms with Gasteiger partial charge >= 0.3 is 11.9 Å². The molecule has 0 aliphatic rings. The molecule has 262 valence electrons. The fourth-order valence-electron chi connectivity index (χ4n) is 5.36. The van der Waals surface area contributed by atoms with E-state index in [0.717, 1.165) is 24.0 Å². The van der Waals surface area contributed by atoms with Crippen molar-refractivity contribution in [3.05, 3.63) is 81.8 Å². The van der Waals surface area contributed by atoms with Crippen molar-refractivity contribution in [1.29, 1.82) is 0 Å². The molecule has 0 radical (unpaired) electrons. The van der Waals surface area contributed by atoms with Gasteiger partial charge in [-0.2, -0.15) is 0 Å². The smallest absolute Gasteiger partial charge is 0.343 e. The molecule has 0 aliphatic heterocycles. The molecule has 0 aromatic heterocycles. The van der Waals surface area contributed by atoms with Gasteiger partial charge in [-0.1, -0.05) is 152 Å². The molecule has 0 fully saturated rings. The second-order valence-corrected chi connectivity index (χ2v) is 13.6. The van der Waals surface area contributed by atoms with Gasteiger partial charge in [0.15, 0.2) is 0 Å². The standard InChI is InChI=1S/C41H54Cl2O5/c1-4-6-7-8-9-10-11-12-13-14-15-16-17-18-27-46-38-25-23-34(28-36(38)42)32-19-21-33(22-20-32)41(45)48-39-26-24-35(29-37(39)43)40(44)47-30-31(3)5-2/h19-26,28-29,31H,4-18,27,30H2,1-3H3. The monoisotopic (exact) mass is 696 g/mol. The van der Waals surface area contributed by atoms with E-state index in [9.17, 15) is 9.59 Å². The second-order valence-electron chi connectivity index (χ2n) is 12.8. The van der Waals surface area contributed by atoms with Crippen molar-refractivity contribution in [1.82, 2.24) is 0 Å². The Morgan fingerprint density at radius 1 is 0.604 bits per heavy atom. The van der Waals surface area contributed by atoms with Gasteiger partial charge in [0.2, 0.25) is 0 Å². The van der Waals surface area contributed by atoms with E-state index in [4.69, 9.17) is 37.4 Å². The number of carbonyl (C=O) groups is 2. The minimum absolute atomic E-state index is 0.152. The molecule has 7 heteroatoms. The first-order valence-corrected chi connectivity index (χ1v) is 18.8. The topological polar surface area (TPSA) is 61.8 Å². The highest BCUT2D eigenvalue weighted by molar-refractivity contribution is 6.32. The number of carbonyl (C=O) groups excluding carboxylic acids is 2. The number of hydrogen-bond donors (Lipinski definition) is 0. The molecule has 1 atom stereocenters. The summed E-state index contributed by atoms with van der Waals surface area (Å²) in [5, 5.41) is 0.711. The quantitative estimate of drug-likeness (QED) is 0.0561. The molecule has 3 aromatic rings. The maximum atomic E-state index is 12.8. The zero-order valence-electron chi connectivity index (χ0n) is 29.2. The minimum atomic E-state index is -0.555. The molecule has 3 rings (SSSR count). The molecule has 0 amide bonds. The van der Waals surface area contributed by atoms with E-state index in [-0.39, 0.29) is 16.7 Å². The Bertz CT molecular complexity index is 1390. The van der Waals surface area contributed by atoms with Gasteiger partial charge in [0.05, 0.1) is 34.4 Å². The highest BCUT2D eigenvalue weighted by atomic mass is 35.5. The summed E-state index contributed by atoms with van der Waals surface area (Å²) >= 11 is 12.9. The van der Waals surface area contributed by atoms with Crippen molar-refractivity contribution < 1.29 is 23.8 Å². The number of hydrogen-bond acceptors (Lipinski definition) is 5. The van der Waals surface area contributed by atoms with Crippen molar-refractivity contribution in [2.75, 3.05) is 13.2 Å². The van der Waals surface area contributed by atoms with E-state index < -0.39 is 11.9 Å². The van der Waals surface area contributed by atoms with E-state index in [1.165, 1.54) is 102 Å².